The maximum atomic E-state index is 5.96. The summed E-state index contributed by atoms with van der Waals surface area (Å²) >= 11 is 5.96. The molecule has 2 aromatic carbocycles. The molecule has 2 nitrogen and oxygen atoms in total. The number of nitrogens with two attached hydrogens (primary N) is 1. The van der Waals surface area contributed by atoms with Crippen LogP contribution in [0.1, 0.15) is 16.7 Å². The molecule has 2 N–H and O–H groups in total. The van der Waals surface area contributed by atoms with Crippen LogP contribution < -0.4 is 10.5 Å². The van der Waals surface area contributed by atoms with Crippen LogP contribution in [-0.2, 0) is 6.61 Å². The zero-order valence-corrected chi connectivity index (χ0v) is 12.1. The highest BCUT2D eigenvalue weighted by Crippen LogP contribution is 2.23. The smallest absolute Gasteiger partial charge is 0.124 e. The van der Waals surface area contributed by atoms with E-state index in [9.17, 15) is 0 Å². The third-order valence-corrected chi connectivity index (χ3v) is 3.07. The topological polar surface area (TPSA) is 35.2 Å². The molecule has 0 radical (unpaired) electrons. The van der Waals surface area contributed by atoms with E-state index in [1.807, 2.05) is 49.4 Å². The van der Waals surface area contributed by atoms with Crippen molar-refractivity contribution in [2.45, 2.75) is 13.5 Å². The van der Waals surface area contributed by atoms with Crippen LogP contribution in [0.15, 0.2) is 42.5 Å². The van der Waals surface area contributed by atoms with Gasteiger partial charge in [0, 0.05) is 10.6 Å². The van der Waals surface area contributed by atoms with Crippen molar-refractivity contribution >= 4 is 11.6 Å². The molecule has 0 fully saturated rings. The van der Waals surface area contributed by atoms with Crippen LogP contribution in [0.2, 0.25) is 5.02 Å². The molecule has 2 rings (SSSR count). The number of ether oxygens (including phenoxy) is 1. The van der Waals surface area contributed by atoms with Gasteiger partial charge in [-0.15, -0.1) is 0 Å². The molecule has 0 heterocycles. The summed E-state index contributed by atoms with van der Waals surface area (Å²) in [5.41, 5.74) is 8.45. The molecule has 0 bridgehead atoms. The van der Waals surface area contributed by atoms with E-state index in [1.54, 1.807) is 0 Å². The van der Waals surface area contributed by atoms with Gasteiger partial charge in [0.1, 0.15) is 12.4 Å². The predicted octanol–water partition coefficient (Wildman–Crippen LogP) is 3.54. The fourth-order valence-corrected chi connectivity index (χ4v) is 1.89. The molecule has 0 spiro atoms. The summed E-state index contributed by atoms with van der Waals surface area (Å²) in [4.78, 5) is 0. The Morgan fingerprint density at radius 3 is 2.60 bits per heavy atom. The quantitative estimate of drug-likeness (QED) is 0.876. The lowest BCUT2D eigenvalue weighted by Gasteiger charge is -2.09. The van der Waals surface area contributed by atoms with Gasteiger partial charge in [-0.1, -0.05) is 41.6 Å². The number of rotatable bonds is 3. The van der Waals surface area contributed by atoms with Gasteiger partial charge in [0.05, 0.1) is 6.54 Å². The summed E-state index contributed by atoms with van der Waals surface area (Å²) in [5, 5.41) is 0.679. The van der Waals surface area contributed by atoms with Crippen LogP contribution in [0.5, 0.6) is 5.75 Å². The number of halogens is 1. The van der Waals surface area contributed by atoms with Crippen molar-refractivity contribution in [1.82, 2.24) is 0 Å². The largest absolute Gasteiger partial charge is 0.489 e. The van der Waals surface area contributed by atoms with Crippen LogP contribution >= 0.6 is 11.6 Å². The molecule has 102 valence electrons. The third kappa shape index (κ3) is 4.03. The molecule has 0 amide bonds. The highest BCUT2D eigenvalue weighted by atomic mass is 35.5. The first kappa shape index (κ1) is 14.5. The van der Waals surface area contributed by atoms with Crippen molar-refractivity contribution in [2.24, 2.45) is 5.73 Å². The number of hydrogen-bond acceptors (Lipinski definition) is 2. The zero-order chi connectivity index (χ0) is 14.4. The minimum absolute atomic E-state index is 0.374. The second-order valence-electron chi connectivity index (χ2n) is 4.40. The van der Waals surface area contributed by atoms with E-state index in [0.717, 1.165) is 22.4 Å². The normalized spacial score (nSPS) is 9.75. The fraction of sp³-hybridized carbons (Fsp3) is 0.176. The molecule has 0 unspecified atom stereocenters. The molecule has 0 atom stereocenters. The van der Waals surface area contributed by atoms with Crippen molar-refractivity contribution in [3.8, 4) is 17.6 Å². The first-order valence-corrected chi connectivity index (χ1v) is 6.73. The average Bonchev–Trinajstić information content (AvgIpc) is 2.47. The lowest BCUT2D eigenvalue weighted by molar-refractivity contribution is 0.304. The van der Waals surface area contributed by atoms with Gasteiger partial charge >= 0.3 is 0 Å². The lowest BCUT2D eigenvalue weighted by Crippen LogP contribution is -1.97. The molecule has 20 heavy (non-hydrogen) atoms. The van der Waals surface area contributed by atoms with Crippen LogP contribution in [0, 0.1) is 18.8 Å². The Labute approximate surface area is 124 Å². The Bertz CT molecular complexity index is 638. The average molecular weight is 286 g/mol. The van der Waals surface area contributed by atoms with Gasteiger partial charge in [0.2, 0.25) is 0 Å². The lowest BCUT2D eigenvalue weighted by atomic mass is 10.1. The van der Waals surface area contributed by atoms with E-state index in [4.69, 9.17) is 22.1 Å². The SMILES string of the molecule is Cc1ccc(Cl)cc1OCc1ccc(C#CCN)cc1. The van der Waals surface area contributed by atoms with E-state index >= 15 is 0 Å². The Hall–Kier alpha value is -1.95. The second kappa shape index (κ2) is 7.00. The number of benzene rings is 2. The summed E-state index contributed by atoms with van der Waals surface area (Å²) in [6, 6.07) is 13.6. The molecule has 0 aliphatic rings. The van der Waals surface area contributed by atoms with Crippen LogP contribution in [0.3, 0.4) is 0 Å². The first-order valence-electron chi connectivity index (χ1n) is 6.36. The van der Waals surface area contributed by atoms with E-state index in [-0.39, 0.29) is 0 Å². The molecular formula is C17H16ClNO. The van der Waals surface area contributed by atoms with Crippen molar-refractivity contribution in [3.05, 3.63) is 64.2 Å². The second-order valence-corrected chi connectivity index (χ2v) is 4.84. The molecule has 0 saturated heterocycles. The summed E-state index contributed by atoms with van der Waals surface area (Å²) in [6.45, 7) is 2.88. The minimum Gasteiger partial charge on any atom is -0.489 e. The van der Waals surface area contributed by atoms with Gasteiger partial charge in [-0.05, 0) is 42.3 Å². The summed E-state index contributed by atoms with van der Waals surface area (Å²) in [6.07, 6.45) is 0. The number of aryl methyl sites for hydroxylation is 1. The van der Waals surface area contributed by atoms with Gasteiger partial charge in [-0.25, -0.2) is 0 Å². The number of hydrogen-bond donors (Lipinski definition) is 1. The Morgan fingerprint density at radius 2 is 1.90 bits per heavy atom. The van der Waals surface area contributed by atoms with Gasteiger partial charge < -0.3 is 10.5 Å². The molecule has 0 aliphatic carbocycles. The third-order valence-electron chi connectivity index (χ3n) is 2.83. The molecule has 3 heteroatoms. The van der Waals surface area contributed by atoms with Crippen molar-refractivity contribution in [1.29, 1.82) is 0 Å². The summed E-state index contributed by atoms with van der Waals surface area (Å²) < 4.78 is 5.78. The molecule has 0 aromatic heterocycles. The summed E-state index contributed by atoms with van der Waals surface area (Å²) in [5.74, 6) is 6.63. The molecule has 0 aliphatic heterocycles. The van der Waals surface area contributed by atoms with Gasteiger partial charge in [0.15, 0.2) is 0 Å². The van der Waals surface area contributed by atoms with Crippen molar-refractivity contribution in [3.63, 3.8) is 0 Å². The Balaban J connectivity index is 2.02. The molecular weight excluding hydrogens is 270 g/mol. The van der Waals surface area contributed by atoms with E-state index in [2.05, 4.69) is 11.8 Å². The fourth-order valence-electron chi connectivity index (χ4n) is 1.73. The van der Waals surface area contributed by atoms with Crippen LogP contribution in [0.4, 0.5) is 0 Å². The molecule has 2 aromatic rings. The Kier molecular flexibility index (Phi) is 5.06. The molecule has 0 saturated carbocycles. The standard InChI is InChI=1S/C17H16ClNO/c1-13-4-9-16(18)11-17(13)20-12-15-7-5-14(6-8-15)3-2-10-19/h4-9,11H,10,12,19H2,1H3. The highest BCUT2D eigenvalue weighted by Gasteiger charge is 2.01. The summed E-state index contributed by atoms with van der Waals surface area (Å²) in [7, 11) is 0. The van der Waals surface area contributed by atoms with E-state index < -0.39 is 0 Å². The first-order chi connectivity index (χ1) is 9.69. The highest BCUT2D eigenvalue weighted by molar-refractivity contribution is 6.30. The zero-order valence-electron chi connectivity index (χ0n) is 11.3. The van der Waals surface area contributed by atoms with E-state index in [1.165, 1.54) is 0 Å². The maximum absolute atomic E-state index is 5.96. The van der Waals surface area contributed by atoms with Crippen molar-refractivity contribution < 1.29 is 4.74 Å². The minimum atomic E-state index is 0.374. The van der Waals surface area contributed by atoms with Gasteiger partial charge in [-0.2, -0.15) is 0 Å². The maximum Gasteiger partial charge on any atom is 0.124 e. The van der Waals surface area contributed by atoms with Gasteiger partial charge in [0.25, 0.3) is 0 Å². The van der Waals surface area contributed by atoms with Crippen LogP contribution in [-0.4, -0.2) is 6.54 Å². The Morgan fingerprint density at radius 1 is 1.15 bits per heavy atom. The monoisotopic (exact) mass is 285 g/mol. The van der Waals surface area contributed by atoms with Crippen molar-refractivity contribution in [2.75, 3.05) is 6.54 Å². The van der Waals surface area contributed by atoms with E-state index in [0.29, 0.717) is 18.2 Å². The predicted molar refractivity (Wildman–Crippen MR) is 82.9 cm³/mol. The van der Waals surface area contributed by atoms with Crippen LogP contribution in [0.25, 0.3) is 0 Å². The van der Waals surface area contributed by atoms with Gasteiger partial charge in [-0.3, -0.25) is 0 Å².